The van der Waals surface area contributed by atoms with Gasteiger partial charge in [-0.15, -0.1) is 10.2 Å². The molecule has 2 aromatic rings. The lowest BCUT2D eigenvalue weighted by molar-refractivity contribution is -0.385. The van der Waals surface area contributed by atoms with Gasteiger partial charge in [-0.25, -0.2) is 4.79 Å². The van der Waals surface area contributed by atoms with E-state index in [4.69, 9.17) is 9.47 Å². The van der Waals surface area contributed by atoms with Gasteiger partial charge in [-0.2, -0.15) is 0 Å². The van der Waals surface area contributed by atoms with E-state index >= 15 is 0 Å². The van der Waals surface area contributed by atoms with Crippen molar-refractivity contribution >= 4 is 17.5 Å². The lowest BCUT2D eigenvalue weighted by Crippen LogP contribution is -2.20. The Morgan fingerprint density at radius 1 is 1.23 bits per heavy atom. The minimum Gasteiger partial charge on any atom is -0.496 e. The zero-order chi connectivity index (χ0) is 18.5. The van der Waals surface area contributed by atoms with E-state index in [0.717, 1.165) is 31.7 Å². The molecule has 0 radical (unpaired) electrons. The van der Waals surface area contributed by atoms with Crippen molar-refractivity contribution in [3.63, 3.8) is 0 Å². The average molecular weight is 358 g/mol. The Morgan fingerprint density at radius 2 is 2.00 bits per heavy atom. The molecule has 1 fully saturated rings. The van der Waals surface area contributed by atoms with Crippen molar-refractivity contribution in [2.45, 2.75) is 19.4 Å². The van der Waals surface area contributed by atoms with Crippen LogP contribution in [0, 0.1) is 10.1 Å². The maximum atomic E-state index is 12.2. The van der Waals surface area contributed by atoms with E-state index < -0.39 is 10.9 Å². The van der Waals surface area contributed by atoms with E-state index in [2.05, 4.69) is 15.1 Å². The molecule has 0 aliphatic carbocycles. The fraction of sp³-hybridized carbons (Fsp3) is 0.353. The quantitative estimate of drug-likeness (QED) is 0.440. The number of hydrogen-bond donors (Lipinski definition) is 0. The molecular weight excluding hydrogens is 340 g/mol. The molecule has 9 nitrogen and oxygen atoms in total. The van der Waals surface area contributed by atoms with E-state index in [-0.39, 0.29) is 18.0 Å². The number of nitrogens with zero attached hydrogens (tertiary/aromatic N) is 4. The molecule has 0 N–H and O–H groups in total. The Hall–Kier alpha value is -3.23. The number of benzene rings is 1. The number of non-ortho nitro benzene ring substituents is 1. The highest BCUT2D eigenvalue weighted by Gasteiger charge is 2.17. The third kappa shape index (κ3) is 3.88. The number of ether oxygens (including phenoxy) is 2. The number of anilines is 1. The van der Waals surface area contributed by atoms with Crippen LogP contribution in [0.1, 0.15) is 28.9 Å². The Balaban J connectivity index is 1.66. The average Bonchev–Trinajstić information content (AvgIpc) is 3.20. The first kappa shape index (κ1) is 17.6. The molecular formula is C17H18N4O5. The number of carbonyl (C=O) groups is 1. The van der Waals surface area contributed by atoms with Gasteiger partial charge in [-0.3, -0.25) is 10.1 Å². The van der Waals surface area contributed by atoms with Crippen LogP contribution in [-0.4, -0.2) is 41.3 Å². The fourth-order valence-corrected chi connectivity index (χ4v) is 2.76. The van der Waals surface area contributed by atoms with Crippen molar-refractivity contribution in [1.82, 2.24) is 10.2 Å². The molecule has 1 aromatic carbocycles. The lowest BCUT2D eigenvalue weighted by atomic mass is 10.2. The van der Waals surface area contributed by atoms with E-state index in [1.54, 1.807) is 12.1 Å². The Bertz CT molecular complexity index is 803. The van der Waals surface area contributed by atoms with Crippen LogP contribution in [0.3, 0.4) is 0 Å². The number of esters is 1. The van der Waals surface area contributed by atoms with Crippen LogP contribution in [0.4, 0.5) is 11.5 Å². The monoisotopic (exact) mass is 358 g/mol. The van der Waals surface area contributed by atoms with Crippen LogP contribution in [0.2, 0.25) is 0 Å². The summed E-state index contributed by atoms with van der Waals surface area (Å²) in [4.78, 5) is 24.6. The number of hydrogen-bond acceptors (Lipinski definition) is 8. The van der Waals surface area contributed by atoms with Gasteiger partial charge in [0.2, 0.25) is 0 Å². The molecule has 1 aliphatic heterocycles. The van der Waals surface area contributed by atoms with Gasteiger partial charge in [0, 0.05) is 30.8 Å². The smallest absolute Gasteiger partial charge is 0.359 e. The second-order valence-electron chi connectivity index (χ2n) is 5.80. The first-order chi connectivity index (χ1) is 12.6. The largest absolute Gasteiger partial charge is 0.496 e. The van der Waals surface area contributed by atoms with Crippen LogP contribution in [0.25, 0.3) is 0 Å². The topological polar surface area (TPSA) is 108 Å². The molecule has 0 unspecified atom stereocenters. The molecule has 26 heavy (non-hydrogen) atoms. The van der Waals surface area contributed by atoms with Gasteiger partial charge in [-0.1, -0.05) is 0 Å². The first-order valence-electron chi connectivity index (χ1n) is 8.15. The maximum absolute atomic E-state index is 12.2. The highest BCUT2D eigenvalue weighted by atomic mass is 16.6. The summed E-state index contributed by atoms with van der Waals surface area (Å²) in [5.74, 6) is 0.484. The standard InChI is InChI=1S/C17H18N4O5/c1-25-15-6-4-13(21(23)24)10-12(15)11-26-17(22)14-5-7-16(19-18-14)20-8-2-3-9-20/h4-7,10H,2-3,8-9,11H2,1H3. The summed E-state index contributed by atoms with van der Waals surface area (Å²) in [6.07, 6.45) is 2.24. The maximum Gasteiger partial charge on any atom is 0.359 e. The minimum atomic E-state index is -0.654. The predicted octanol–water partition coefficient (Wildman–Crippen LogP) is 2.35. The summed E-state index contributed by atoms with van der Waals surface area (Å²) in [7, 11) is 1.44. The van der Waals surface area contributed by atoms with Gasteiger partial charge in [0.1, 0.15) is 12.4 Å². The third-order valence-corrected chi connectivity index (χ3v) is 4.12. The highest BCUT2D eigenvalue weighted by Crippen LogP contribution is 2.25. The van der Waals surface area contributed by atoms with Gasteiger partial charge < -0.3 is 14.4 Å². The second-order valence-corrected chi connectivity index (χ2v) is 5.80. The minimum absolute atomic E-state index is 0.0809. The molecule has 0 spiro atoms. The lowest BCUT2D eigenvalue weighted by Gasteiger charge is -2.15. The predicted molar refractivity (Wildman–Crippen MR) is 92.2 cm³/mol. The molecule has 1 saturated heterocycles. The van der Waals surface area contributed by atoms with Crippen LogP contribution in [0.15, 0.2) is 30.3 Å². The SMILES string of the molecule is COc1ccc([N+](=O)[O-])cc1COC(=O)c1ccc(N2CCCC2)nn1. The Kier molecular flexibility index (Phi) is 5.26. The number of nitro benzene ring substituents is 1. The molecule has 0 atom stereocenters. The van der Waals surface area contributed by atoms with Gasteiger partial charge in [0.15, 0.2) is 11.5 Å². The molecule has 0 saturated carbocycles. The Labute approximate surface area is 149 Å². The van der Waals surface area contributed by atoms with Crippen molar-refractivity contribution < 1.29 is 19.2 Å². The van der Waals surface area contributed by atoms with Crippen LogP contribution < -0.4 is 9.64 Å². The van der Waals surface area contributed by atoms with Gasteiger partial charge in [-0.05, 0) is 31.0 Å². The third-order valence-electron chi connectivity index (χ3n) is 4.12. The van der Waals surface area contributed by atoms with E-state index in [1.165, 1.54) is 25.3 Å². The number of rotatable bonds is 6. The van der Waals surface area contributed by atoms with Gasteiger partial charge >= 0.3 is 5.97 Å². The zero-order valence-corrected chi connectivity index (χ0v) is 14.3. The van der Waals surface area contributed by atoms with Crippen molar-refractivity contribution in [2.75, 3.05) is 25.1 Å². The number of nitro groups is 1. The van der Waals surface area contributed by atoms with Gasteiger partial charge in [0.05, 0.1) is 12.0 Å². The summed E-state index contributed by atoms with van der Waals surface area (Å²) >= 11 is 0. The van der Waals surface area contributed by atoms with Crippen LogP contribution >= 0.6 is 0 Å². The molecule has 9 heteroatoms. The van der Waals surface area contributed by atoms with Crippen molar-refractivity contribution in [3.05, 3.63) is 51.7 Å². The first-order valence-corrected chi connectivity index (χ1v) is 8.15. The summed E-state index contributed by atoms with van der Waals surface area (Å²) in [5, 5.41) is 18.9. The van der Waals surface area contributed by atoms with E-state index in [0.29, 0.717) is 11.3 Å². The van der Waals surface area contributed by atoms with Crippen LogP contribution in [0.5, 0.6) is 5.75 Å². The number of aromatic nitrogens is 2. The normalized spacial score (nSPS) is 13.5. The van der Waals surface area contributed by atoms with Crippen molar-refractivity contribution in [1.29, 1.82) is 0 Å². The number of methoxy groups -OCH3 is 1. The fourth-order valence-electron chi connectivity index (χ4n) is 2.76. The zero-order valence-electron chi connectivity index (χ0n) is 14.3. The van der Waals surface area contributed by atoms with Crippen molar-refractivity contribution in [2.24, 2.45) is 0 Å². The van der Waals surface area contributed by atoms with Crippen molar-refractivity contribution in [3.8, 4) is 5.75 Å². The highest BCUT2D eigenvalue weighted by molar-refractivity contribution is 5.87. The summed E-state index contributed by atoms with van der Waals surface area (Å²) < 4.78 is 10.3. The second kappa shape index (κ2) is 7.77. The van der Waals surface area contributed by atoms with E-state index in [1.807, 2.05) is 0 Å². The van der Waals surface area contributed by atoms with Crippen LogP contribution in [-0.2, 0) is 11.3 Å². The molecule has 3 rings (SSSR count). The molecule has 0 amide bonds. The van der Waals surface area contributed by atoms with Gasteiger partial charge in [0.25, 0.3) is 5.69 Å². The van der Waals surface area contributed by atoms with E-state index in [9.17, 15) is 14.9 Å². The summed E-state index contributed by atoms with van der Waals surface area (Å²) in [5.41, 5.74) is 0.376. The molecule has 0 bridgehead atoms. The molecule has 2 heterocycles. The number of carbonyl (C=O) groups excluding carboxylic acids is 1. The molecule has 1 aliphatic rings. The Morgan fingerprint density at radius 3 is 2.62 bits per heavy atom. The molecule has 136 valence electrons. The summed E-state index contributed by atoms with van der Waals surface area (Å²) in [6, 6.07) is 7.41. The molecule has 1 aromatic heterocycles. The summed E-state index contributed by atoms with van der Waals surface area (Å²) in [6.45, 7) is 1.70.